The topological polar surface area (TPSA) is 139 Å². The molecule has 2 atom stereocenters. The van der Waals surface area contributed by atoms with E-state index in [-0.39, 0.29) is 0 Å². The Morgan fingerprint density at radius 3 is 1.47 bits per heavy atom. The van der Waals surface area contributed by atoms with Gasteiger partial charge in [-0.3, -0.25) is 14.9 Å². The highest BCUT2D eigenvalue weighted by Crippen LogP contribution is 1.92. The van der Waals surface area contributed by atoms with Gasteiger partial charge in [-0.15, -0.1) is 0 Å². The third kappa shape index (κ3) is 6.48. The van der Waals surface area contributed by atoms with Crippen molar-refractivity contribution >= 4 is 23.8 Å². The normalized spacial score (nSPS) is 13.1. The average molecular weight is 277 g/mol. The number of ether oxygens (including phenoxy) is 2. The molecule has 0 rings (SSSR count). The van der Waals surface area contributed by atoms with Crippen LogP contribution in [0.2, 0.25) is 0 Å². The third-order valence-corrected chi connectivity index (χ3v) is 1.73. The predicted molar refractivity (Wildman–Crippen MR) is 58.4 cm³/mol. The van der Waals surface area contributed by atoms with Crippen molar-refractivity contribution in [2.45, 2.75) is 26.1 Å². The molecule has 3 N–H and O–H groups in total. The van der Waals surface area contributed by atoms with Crippen LogP contribution in [0, 0.1) is 0 Å². The van der Waals surface area contributed by atoms with Crippen molar-refractivity contribution in [3.8, 4) is 0 Å². The molecule has 108 valence electrons. The van der Waals surface area contributed by atoms with E-state index in [1.54, 1.807) is 0 Å². The number of rotatable bonds is 4. The Hall–Kier alpha value is -2.00. The minimum Gasteiger partial charge on any atom is -0.453 e. The molecule has 0 heterocycles. The van der Waals surface area contributed by atoms with E-state index < -0.39 is 49.2 Å². The number of carbonyl (C=O) groups excluding carboxylic acids is 4. The summed E-state index contributed by atoms with van der Waals surface area (Å²) in [6, 6.07) is 0. The molecule has 0 bridgehead atoms. The minimum absolute atomic E-state index is 0.497. The lowest BCUT2D eigenvalue weighted by atomic mass is 10.4. The van der Waals surface area contributed by atoms with Crippen molar-refractivity contribution in [2.75, 3.05) is 13.2 Å². The van der Waals surface area contributed by atoms with Crippen molar-refractivity contribution in [1.82, 2.24) is 5.32 Å². The smallest absolute Gasteiger partial charge is 0.397 e. The molecule has 0 aromatic heterocycles. The number of imide groups is 1. The highest BCUT2D eigenvalue weighted by molar-refractivity contribution is 6.43. The molecular weight excluding hydrogens is 262 g/mol. The Bertz CT molecular complexity index is 333. The van der Waals surface area contributed by atoms with Crippen LogP contribution in [-0.2, 0) is 28.7 Å². The maximum atomic E-state index is 11.1. The maximum absolute atomic E-state index is 11.1. The van der Waals surface area contributed by atoms with Crippen LogP contribution >= 0.6 is 0 Å². The minimum atomic E-state index is -1.46. The first-order valence-corrected chi connectivity index (χ1v) is 5.30. The number of esters is 2. The Balaban J connectivity index is 4.29. The highest BCUT2D eigenvalue weighted by Gasteiger charge is 2.25. The van der Waals surface area contributed by atoms with Crippen molar-refractivity contribution in [3.63, 3.8) is 0 Å². The SMILES string of the molecule is CC(CO)OC(=O)C(=O)NC(=O)C(=O)OC(C)CO. The van der Waals surface area contributed by atoms with Gasteiger partial charge in [-0.25, -0.2) is 9.59 Å². The lowest BCUT2D eigenvalue weighted by Crippen LogP contribution is -2.43. The van der Waals surface area contributed by atoms with Crippen LogP contribution in [0.1, 0.15) is 13.8 Å². The number of hydrogen-bond acceptors (Lipinski definition) is 8. The molecule has 0 aliphatic heterocycles. The molecule has 0 aromatic carbocycles. The lowest BCUT2D eigenvalue weighted by Gasteiger charge is -2.11. The largest absolute Gasteiger partial charge is 0.453 e. The molecule has 2 unspecified atom stereocenters. The first-order valence-electron chi connectivity index (χ1n) is 5.30. The summed E-state index contributed by atoms with van der Waals surface area (Å²) in [4.78, 5) is 44.4. The van der Waals surface area contributed by atoms with Crippen LogP contribution in [0.3, 0.4) is 0 Å². The quantitative estimate of drug-likeness (QED) is 0.378. The van der Waals surface area contributed by atoms with E-state index in [1.807, 2.05) is 0 Å². The summed E-state index contributed by atoms with van der Waals surface area (Å²) in [7, 11) is 0. The van der Waals surface area contributed by atoms with Gasteiger partial charge in [0.05, 0.1) is 13.2 Å². The number of carbonyl (C=O) groups is 4. The van der Waals surface area contributed by atoms with Gasteiger partial charge in [0.15, 0.2) is 0 Å². The molecule has 2 amide bonds. The van der Waals surface area contributed by atoms with Crippen molar-refractivity contribution < 1.29 is 38.9 Å². The summed E-state index contributed by atoms with van der Waals surface area (Å²) in [6.07, 6.45) is -1.84. The fourth-order valence-corrected chi connectivity index (χ4v) is 0.752. The number of aliphatic hydroxyl groups is 2. The number of aliphatic hydroxyl groups excluding tert-OH is 2. The third-order valence-electron chi connectivity index (χ3n) is 1.73. The maximum Gasteiger partial charge on any atom is 0.397 e. The molecule has 0 aliphatic carbocycles. The van der Waals surface area contributed by atoms with Crippen LogP contribution in [0.5, 0.6) is 0 Å². The van der Waals surface area contributed by atoms with E-state index in [1.165, 1.54) is 19.2 Å². The lowest BCUT2D eigenvalue weighted by molar-refractivity contribution is -0.164. The van der Waals surface area contributed by atoms with E-state index in [0.29, 0.717) is 0 Å². The second kappa shape index (κ2) is 8.16. The molecule has 0 saturated carbocycles. The van der Waals surface area contributed by atoms with Crippen LogP contribution in [-0.4, -0.2) is 59.4 Å². The molecule has 0 aromatic rings. The molecule has 9 nitrogen and oxygen atoms in total. The van der Waals surface area contributed by atoms with Gasteiger partial charge in [0.1, 0.15) is 12.2 Å². The summed E-state index contributed by atoms with van der Waals surface area (Å²) < 4.78 is 8.80. The van der Waals surface area contributed by atoms with Gasteiger partial charge in [0.25, 0.3) is 0 Å². The van der Waals surface area contributed by atoms with E-state index in [2.05, 4.69) is 9.47 Å². The Morgan fingerprint density at radius 1 is 0.895 bits per heavy atom. The molecule has 0 spiro atoms. The summed E-state index contributed by atoms with van der Waals surface area (Å²) >= 11 is 0. The number of nitrogens with one attached hydrogen (secondary N) is 1. The highest BCUT2D eigenvalue weighted by atomic mass is 16.6. The van der Waals surface area contributed by atoms with Gasteiger partial charge in [0.2, 0.25) is 0 Å². The molecule has 0 fully saturated rings. The molecular formula is C10H15NO8. The van der Waals surface area contributed by atoms with E-state index in [9.17, 15) is 19.2 Å². The molecule has 9 heteroatoms. The van der Waals surface area contributed by atoms with E-state index in [0.717, 1.165) is 0 Å². The van der Waals surface area contributed by atoms with Gasteiger partial charge in [-0.05, 0) is 13.8 Å². The fourth-order valence-electron chi connectivity index (χ4n) is 0.752. The number of hydrogen-bond donors (Lipinski definition) is 3. The monoisotopic (exact) mass is 277 g/mol. The van der Waals surface area contributed by atoms with Crippen LogP contribution < -0.4 is 5.32 Å². The molecule has 0 saturated heterocycles. The summed E-state index contributed by atoms with van der Waals surface area (Å²) in [5.41, 5.74) is 0. The second-order valence-electron chi connectivity index (χ2n) is 3.58. The summed E-state index contributed by atoms with van der Waals surface area (Å²) in [5.74, 6) is -5.76. The number of amides is 2. The molecule has 0 aliphatic rings. The van der Waals surface area contributed by atoms with Crippen LogP contribution in [0.15, 0.2) is 0 Å². The van der Waals surface area contributed by atoms with Gasteiger partial charge < -0.3 is 19.7 Å². The van der Waals surface area contributed by atoms with Crippen LogP contribution in [0.4, 0.5) is 0 Å². The van der Waals surface area contributed by atoms with Crippen LogP contribution in [0.25, 0.3) is 0 Å². The fraction of sp³-hybridized carbons (Fsp3) is 0.600. The van der Waals surface area contributed by atoms with Gasteiger partial charge in [-0.2, -0.15) is 0 Å². The first kappa shape index (κ1) is 17.0. The van der Waals surface area contributed by atoms with E-state index in [4.69, 9.17) is 10.2 Å². The predicted octanol–water partition coefficient (Wildman–Crippen LogP) is -2.52. The van der Waals surface area contributed by atoms with Crippen molar-refractivity contribution in [3.05, 3.63) is 0 Å². The van der Waals surface area contributed by atoms with Crippen molar-refractivity contribution in [2.24, 2.45) is 0 Å². The Labute approximate surface area is 108 Å². The zero-order chi connectivity index (χ0) is 15.0. The first-order chi connectivity index (χ1) is 8.81. The van der Waals surface area contributed by atoms with E-state index >= 15 is 0 Å². The zero-order valence-corrected chi connectivity index (χ0v) is 10.4. The molecule has 0 radical (unpaired) electrons. The van der Waals surface area contributed by atoms with Gasteiger partial charge in [-0.1, -0.05) is 0 Å². The van der Waals surface area contributed by atoms with Gasteiger partial charge >= 0.3 is 23.8 Å². The Morgan fingerprint density at radius 2 is 1.21 bits per heavy atom. The average Bonchev–Trinajstić information content (AvgIpc) is 2.37. The molecule has 19 heavy (non-hydrogen) atoms. The van der Waals surface area contributed by atoms with Crippen molar-refractivity contribution in [1.29, 1.82) is 0 Å². The van der Waals surface area contributed by atoms with Gasteiger partial charge in [0, 0.05) is 0 Å². The summed E-state index contributed by atoms with van der Waals surface area (Å²) in [5, 5.41) is 18.6. The zero-order valence-electron chi connectivity index (χ0n) is 10.4. The standard InChI is InChI=1S/C10H15NO8/c1-5(3-12)18-9(16)7(14)11-8(15)10(17)19-6(2)4-13/h5-6,12-13H,3-4H2,1-2H3,(H,11,14,15). The summed E-state index contributed by atoms with van der Waals surface area (Å²) in [6.45, 7) is 1.65. The Kier molecular flexibility index (Phi) is 7.30. The second-order valence-corrected chi connectivity index (χ2v) is 3.58.